The lowest BCUT2D eigenvalue weighted by Gasteiger charge is -2.17. The molecule has 0 radical (unpaired) electrons. The second-order valence-electron chi connectivity index (χ2n) is 4.12. The smallest absolute Gasteiger partial charge is 0.257 e. The third kappa shape index (κ3) is 2.55. The zero-order chi connectivity index (χ0) is 12.3. The fraction of sp³-hybridized carbons (Fsp3) is 0.500. The maximum absolute atomic E-state index is 12.2. The molecule has 0 saturated carbocycles. The minimum Gasteiger partial charge on any atom is -0.391 e. The molecule has 1 aliphatic heterocycles. The maximum atomic E-state index is 12.2. The highest BCUT2D eigenvalue weighted by molar-refractivity contribution is 5.98. The molecule has 1 aromatic heterocycles. The summed E-state index contributed by atoms with van der Waals surface area (Å²) in [7, 11) is 0. The standard InChI is InChI=1S/C12H17N3O2/c1-2-13-11-10(4-3-6-14-11)12(17)15-7-5-9(16)8-15/h3-4,6,9,16H,2,5,7-8H2,1H3,(H,13,14). The summed E-state index contributed by atoms with van der Waals surface area (Å²) in [6.45, 7) is 3.71. The number of β-amino-alcohol motifs (C(OH)–C–C–N with tert-alkyl or cyclic N) is 1. The van der Waals surface area contributed by atoms with Crippen LogP contribution >= 0.6 is 0 Å². The van der Waals surface area contributed by atoms with Gasteiger partial charge in [-0.25, -0.2) is 4.98 Å². The van der Waals surface area contributed by atoms with Crippen LogP contribution in [0, 0.1) is 0 Å². The van der Waals surface area contributed by atoms with Gasteiger partial charge in [0.25, 0.3) is 5.91 Å². The molecule has 0 bridgehead atoms. The van der Waals surface area contributed by atoms with E-state index in [1.165, 1.54) is 0 Å². The van der Waals surface area contributed by atoms with Crippen molar-refractivity contribution in [3.05, 3.63) is 23.9 Å². The largest absolute Gasteiger partial charge is 0.391 e. The highest BCUT2D eigenvalue weighted by atomic mass is 16.3. The van der Waals surface area contributed by atoms with Gasteiger partial charge >= 0.3 is 0 Å². The van der Waals surface area contributed by atoms with E-state index in [2.05, 4.69) is 10.3 Å². The van der Waals surface area contributed by atoms with E-state index < -0.39 is 6.10 Å². The van der Waals surface area contributed by atoms with E-state index in [1.54, 1.807) is 23.2 Å². The van der Waals surface area contributed by atoms with Gasteiger partial charge in [0.2, 0.25) is 0 Å². The Bertz CT molecular complexity index is 408. The van der Waals surface area contributed by atoms with Gasteiger partial charge in [-0.1, -0.05) is 0 Å². The van der Waals surface area contributed by atoms with E-state index >= 15 is 0 Å². The van der Waals surface area contributed by atoms with Crippen molar-refractivity contribution in [2.45, 2.75) is 19.4 Å². The molecule has 92 valence electrons. The lowest BCUT2D eigenvalue weighted by atomic mass is 10.2. The molecule has 1 unspecified atom stereocenters. The molecule has 1 aliphatic rings. The molecule has 5 nitrogen and oxygen atoms in total. The fourth-order valence-corrected chi connectivity index (χ4v) is 1.98. The molecule has 17 heavy (non-hydrogen) atoms. The van der Waals surface area contributed by atoms with Crippen LogP contribution < -0.4 is 5.32 Å². The third-order valence-corrected chi connectivity index (χ3v) is 2.83. The molecular formula is C12H17N3O2. The van der Waals surface area contributed by atoms with Crippen molar-refractivity contribution in [3.8, 4) is 0 Å². The number of rotatable bonds is 3. The average molecular weight is 235 g/mol. The summed E-state index contributed by atoms with van der Waals surface area (Å²) in [6.07, 6.45) is 1.93. The highest BCUT2D eigenvalue weighted by Gasteiger charge is 2.26. The summed E-state index contributed by atoms with van der Waals surface area (Å²) in [4.78, 5) is 18.1. The normalized spacial score (nSPS) is 19.4. The lowest BCUT2D eigenvalue weighted by molar-refractivity contribution is 0.0765. The molecule has 5 heteroatoms. The van der Waals surface area contributed by atoms with Crippen molar-refractivity contribution in [2.24, 2.45) is 0 Å². The number of amides is 1. The van der Waals surface area contributed by atoms with E-state index in [9.17, 15) is 9.90 Å². The van der Waals surface area contributed by atoms with Crippen molar-refractivity contribution in [2.75, 3.05) is 25.0 Å². The topological polar surface area (TPSA) is 65.5 Å². The Morgan fingerprint density at radius 2 is 2.53 bits per heavy atom. The Labute approximate surface area is 100 Å². The van der Waals surface area contributed by atoms with Gasteiger partial charge < -0.3 is 15.3 Å². The SMILES string of the molecule is CCNc1ncccc1C(=O)N1CCC(O)C1. The number of nitrogens with one attached hydrogen (secondary N) is 1. The molecule has 1 fully saturated rings. The van der Waals surface area contributed by atoms with Crippen molar-refractivity contribution in [1.82, 2.24) is 9.88 Å². The number of hydrogen-bond donors (Lipinski definition) is 2. The zero-order valence-electron chi connectivity index (χ0n) is 9.89. The molecule has 1 saturated heterocycles. The molecule has 1 aromatic rings. The van der Waals surface area contributed by atoms with Gasteiger partial charge in [0.15, 0.2) is 0 Å². The third-order valence-electron chi connectivity index (χ3n) is 2.83. The van der Waals surface area contributed by atoms with E-state index in [1.807, 2.05) is 6.92 Å². The second-order valence-corrected chi connectivity index (χ2v) is 4.12. The summed E-state index contributed by atoms with van der Waals surface area (Å²) in [6, 6.07) is 3.51. The molecule has 1 atom stereocenters. The number of carbonyl (C=O) groups is 1. The molecule has 1 amide bonds. The van der Waals surface area contributed by atoms with E-state index in [4.69, 9.17) is 0 Å². The Morgan fingerprint density at radius 3 is 3.18 bits per heavy atom. The maximum Gasteiger partial charge on any atom is 0.257 e. The Morgan fingerprint density at radius 1 is 1.71 bits per heavy atom. The lowest BCUT2D eigenvalue weighted by Crippen LogP contribution is -2.30. The second kappa shape index (κ2) is 5.14. The van der Waals surface area contributed by atoms with Crippen LogP contribution in [0.15, 0.2) is 18.3 Å². The zero-order valence-corrected chi connectivity index (χ0v) is 9.89. The Hall–Kier alpha value is -1.62. The van der Waals surface area contributed by atoms with Gasteiger partial charge in [-0.05, 0) is 25.5 Å². The average Bonchev–Trinajstić information content (AvgIpc) is 2.76. The first-order valence-corrected chi connectivity index (χ1v) is 5.88. The van der Waals surface area contributed by atoms with Crippen LogP contribution in [0.3, 0.4) is 0 Å². The van der Waals surface area contributed by atoms with E-state index in [-0.39, 0.29) is 5.91 Å². The van der Waals surface area contributed by atoms with Crippen LogP contribution in [-0.2, 0) is 0 Å². The summed E-state index contributed by atoms with van der Waals surface area (Å²) in [5, 5.41) is 12.5. The van der Waals surface area contributed by atoms with Gasteiger partial charge in [-0.3, -0.25) is 4.79 Å². The van der Waals surface area contributed by atoms with Crippen molar-refractivity contribution in [3.63, 3.8) is 0 Å². The first kappa shape index (κ1) is 11.9. The minimum atomic E-state index is -0.391. The number of hydrogen-bond acceptors (Lipinski definition) is 4. The Balaban J connectivity index is 2.18. The van der Waals surface area contributed by atoms with Gasteiger partial charge in [-0.15, -0.1) is 0 Å². The van der Waals surface area contributed by atoms with Crippen LogP contribution in [0.4, 0.5) is 5.82 Å². The molecule has 0 aromatic carbocycles. The van der Waals surface area contributed by atoms with Gasteiger partial charge in [0, 0.05) is 25.8 Å². The first-order chi connectivity index (χ1) is 8.22. The van der Waals surface area contributed by atoms with Crippen LogP contribution in [0.25, 0.3) is 0 Å². The fourth-order valence-electron chi connectivity index (χ4n) is 1.98. The van der Waals surface area contributed by atoms with Gasteiger partial charge in [-0.2, -0.15) is 0 Å². The molecular weight excluding hydrogens is 218 g/mol. The van der Waals surface area contributed by atoms with Crippen LogP contribution in [0.1, 0.15) is 23.7 Å². The molecule has 2 N–H and O–H groups in total. The number of aliphatic hydroxyl groups excluding tert-OH is 1. The van der Waals surface area contributed by atoms with E-state index in [0.29, 0.717) is 30.9 Å². The van der Waals surface area contributed by atoms with Crippen molar-refractivity contribution in [1.29, 1.82) is 0 Å². The monoisotopic (exact) mass is 235 g/mol. The van der Waals surface area contributed by atoms with Crippen molar-refractivity contribution >= 4 is 11.7 Å². The quantitative estimate of drug-likeness (QED) is 0.810. The molecule has 2 heterocycles. The van der Waals surface area contributed by atoms with Crippen LogP contribution in [0.5, 0.6) is 0 Å². The number of anilines is 1. The van der Waals surface area contributed by atoms with Crippen molar-refractivity contribution < 1.29 is 9.90 Å². The number of nitrogens with zero attached hydrogens (tertiary/aromatic N) is 2. The summed E-state index contributed by atoms with van der Waals surface area (Å²) in [5.41, 5.74) is 0.573. The van der Waals surface area contributed by atoms with Gasteiger partial charge in [0.05, 0.1) is 11.7 Å². The Kier molecular flexibility index (Phi) is 3.58. The molecule has 2 rings (SSSR count). The predicted molar refractivity (Wildman–Crippen MR) is 64.9 cm³/mol. The highest BCUT2D eigenvalue weighted by Crippen LogP contribution is 2.18. The predicted octanol–water partition coefficient (Wildman–Crippen LogP) is 0.720. The number of aliphatic hydroxyl groups is 1. The van der Waals surface area contributed by atoms with Crippen LogP contribution in [-0.4, -0.2) is 46.6 Å². The summed E-state index contributed by atoms with van der Waals surface area (Å²) in [5.74, 6) is 0.548. The first-order valence-electron chi connectivity index (χ1n) is 5.88. The molecule has 0 aliphatic carbocycles. The number of pyridine rings is 1. The number of carbonyl (C=O) groups excluding carboxylic acids is 1. The van der Waals surface area contributed by atoms with Gasteiger partial charge in [0.1, 0.15) is 5.82 Å². The van der Waals surface area contributed by atoms with E-state index in [0.717, 1.165) is 6.54 Å². The number of aromatic nitrogens is 1. The minimum absolute atomic E-state index is 0.0643. The number of likely N-dealkylation sites (tertiary alicyclic amines) is 1. The molecule has 0 spiro atoms. The van der Waals surface area contributed by atoms with Crippen LogP contribution in [0.2, 0.25) is 0 Å². The summed E-state index contributed by atoms with van der Waals surface area (Å²) < 4.78 is 0. The summed E-state index contributed by atoms with van der Waals surface area (Å²) >= 11 is 0.